The van der Waals surface area contributed by atoms with E-state index in [0.29, 0.717) is 0 Å². The Balaban J connectivity index is 2.79. The lowest BCUT2D eigenvalue weighted by molar-refractivity contribution is 0.0880. The van der Waals surface area contributed by atoms with Crippen molar-refractivity contribution < 1.29 is 9.53 Å². The number of carbonyl (C=O) groups is 1. The van der Waals surface area contributed by atoms with Gasteiger partial charge in [-0.2, -0.15) is 0 Å². The highest BCUT2D eigenvalue weighted by Gasteiger charge is 2.25. The van der Waals surface area contributed by atoms with E-state index in [1.54, 1.807) is 0 Å². The Morgan fingerprint density at radius 3 is 2.53 bits per heavy atom. The maximum atomic E-state index is 11.3. The molecule has 0 radical (unpaired) electrons. The molecule has 0 aromatic rings. The zero-order valence-corrected chi connectivity index (χ0v) is 11.8. The maximum absolute atomic E-state index is 11.3. The molecule has 104 valence electrons. The van der Waals surface area contributed by atoms with Gasteiger partial charge in [-0.15, -0.1) is 0 Å². The van der Waals surface area contributed by atoms with Crippen LogP contribution in [0.1, 0.15) is 52.9 Å². The molecule has 19 heavy (non-hydrogen) atoms. The molecule has 0 N–H and O–H groups in total. The predicted octanol–water partition coefficient (Wildman–Crippen LogP) is 4.43. The molecule has 5 nitrogen and oxygen atoms in total. The molecule has 0 saturated heterocycles. The Bertz CT molecular complexity index is 416. The standard InChI is InChI=1S/C14H21N3O2/c1-14(2,3)10-9-12(19-13(18)16-17-15)11-7-5-4-6-8-11/h11-12H,4-8H2,1-3H3. The number of carbonyl (C=O) groups excluding carboxylic acids is 1. The van der Waals surface area contributed by atoms with Crippen LogP contribution >= 0.6 is 0 Å². The largest absolute Gasteiger partial charge is 0.444 e. The highest BCUT2D eigenvalue weighted by molar-refractivity contribution is 5.68. The van der Waals surface area contributed by atoms with Crippen LogP contribution in [0.2, 0.25) is 0 Å². The van der Waals surface area contributed by atoms with Crippen LogP contribution in [0.3, 0.4) is 0 Å². The minimum absolute atomic E-state index is 0.141. The molecule has 1 amide bonds. The summed E-state index contributed by atoms with van der Waals surface area (Å²) in [4.78, 5) is 13.8. The van der Waals surface area contributed by atoms with Crippen LogP contribution in [0.15, 0.2) is 5.11 Å². The van der Waals surface area contributed by atoms with E-state index in [9.17, 15) is 4.79 Å². The fourth-order valence-corrected chi connectivity index (χ4v) is 2.14. The number of amides is 1. The average Bonchev–Trinajstić information content (AvgIpc) is 2.35. The van der Waals surface area contributed by atoms with Crippen molar-refractivity contribution in [3.8, 4) is 11.8 Å². The third kappa shape index (κ3) is 6.17. The molecule has 1 rings (SSSR count). The van der Waals surface area contributed by atoms with Gasteiger partial charge in [-0.25, -0.2) is 4.79 Å². The van der Waals surface area contributed by atoms with Crippen molar-refractivity contribution >= 4 is 6.09 Å². The third-order valence-corrected chi connectivity index (χ3v) is 3.02. The number of hydrogen-bond donors (Lipinski definition) is 0. The molecule has 0 aliphatic heterocycles. The van der Waals surface area contributed by atoms with Crippen molar-refractivity contribution in [1.82, 2.24) is 0 Å². The van der Waals surface area contributed by atoms with Crippen LogP contribution in [0, 0.1) is 23.2 Å². The molecule has 5 heteroatoms. The van der Waals surface area contributed by atoms with Gasteiger partial charge in [-0.05, 0) is 39.1 Å². The van der Waals surface area contributed by atoms with E-state index in [1.165, 1.54) is 6.42 Å². The van der Waals surface area contributed by atoms with Gasteiger partial charge in [0.05, 0.1) is 0 Å². The quantitative estimate of drug-likeness (QED) is 0.320. The lowest BCUT2D eigenvalue weighted by Crippen LogP contribution is -2.26. The summed E-state index contributed by atoms with van der Waals surface area (Å²) < 4.78 is 5.19. The highest BCUT2D eigenvalue weighted by atomic mass is 16.6. The van der Waals surface area contributed by atoms with E-state index >= 15 is 0 Å². The van der Waals surface area contributed by atoms with Gasteiger partial charge in [0, 0.05) is 21.4 Å². The Morgan fingerprint density at radius 1 is 1.37 bits per heavy atom. The van der Waals surface area contributed by atoms with E-state index in [-0.39, 0.29) is 11.3 Å². The first-order chi connectivity index (χ1) is 8.92. The van der Waals surface area contributed by atoms with Crippen LogP contribution in [0.25, 0.3) is 10.4 Å². The fraction of sp³-hybridized carbons (Fsp3) is 0.786. The molecular weight excluding hydrogens is 242 g/mol. The minimum atomic E-state index is -0.888. The first-order valence-corrected chi connectivity index (χ1v) is 6.71. The molecule has 0 heterocycles. The Kier molecular flexibility index (Phi) is 5.72. The molecular formula is C14H21N3O2. The van der Waals surface area contributed by atoms with Crippen molar-refractivity contribution in [2.45, 2.75) is 59.0 Å². The molecule has 0 aromatic heterocycles. The van der Waals surface area contributed by atoms with Gasteiger partial charge in [0.25, 0.3) is 0 Å². The first-order valence-electron chi connectivity index (χ1n) is 6.71. The van der Waals surface area contributed by atoms with Crippen LogP contribution in [0.4, 0.5) is 4.79 Å². The Labute approximate surface area is 114 Å². The van der Waals surface area contributed by atoms with Crippen molar-refractivity contribution in [3.63, 3.8) is 0 Å². The summed E-state index contributed by atoms with van der Waals surface area (Å²) in [6, 6.07) is 0. The van der Waals surface area contributed by atoms with Gasteiger partial charge in [-0.1, -0.05) is 31.1 Å². The van der Waals surface area contributed by atoms with Crippen molar-refractivity contribution in [3.05, 3.63) is 10.4 Å². The van der Waals surface area contributed by atoms with Gasteiger partial charge in [0.1, 0.15) is 0 Å². The fourth-order valence-electron chi connectivity index (χ4n) is 2.14. The molecule has 0 aromatic carbocycles. The van der Waals surface area contributed by atoms with Gasteiger partial charge in [0.2, 0.25) is 0 Å². The Hall–Kier alpha value is -1.66. The number of nitrogens with zero attached hydrogens (tertiary/aromatic N) is 3. The van der Waals surface area contributed by atoms with E-state index in [2.05, 4.69) is 21.9 Å². The van der Waals surface area contributed by atoms with Crippen molar-refractivity contribution in [2.75, 3.05) is 0 Å². The highest BCUT2D eigenvalue weighted by Crippen LogP contribution is 2.28. The molecule has 1 unspecified atom stereocenters. The zero-order chi connectivity index (χ0) is 14.3. The number of hydrogen-bond acceptors (Lipinski definition) is 2. The molecule has 0 bridgehead atoms. The van der Waals surface area contributed by atoms with E-state index < -0.39 is 12.2 Å². The number of azide groups is 1. The number of rotatable bonds is 2. The van der Waals surface area contributed by atoms with Gasteiger partial charge in [-0.3, -0.25) is 0 Å². The van der Waals surface area contributed by atoms with Crippen LogP contribution < -0.4 is 0 Å². The summed E-state index contributed by atoms with van der Waals surface area (Å²) >= 11 is 0. The average molecular weight is 263 g/mol. The van der Waals surface area contributed by atoms with Crippen LogP contribution in [-0.4, -0.2) is 12.2 Å². The predicted molar refractivity (Wildman–Crippen MR) is 73.2 cm³/mol. The normalized spacial score (nSPS) is 17.6. The van der Waals surface area contributed by atoms with Crippen LogP contribution in [-0.2, 0) is 4.74 Å². The molecule has 1 aliphatic carbocycles. The van der Waals surface area contributed by atoms with Gasteiger partial charge in [0.15, 0.2) is 6.10 Å². The summed E-state index contributed by atoms with van der Waals surface area (Å²) in [5.41, 5.74) is 8.10. The second-order valence-electron chi connectivity index (χ2n) is 5.91. The summed E-state index contributed by atoms with van der Waals surface area (Å²) in [6.45, 7) is 6.02. The monoisotopic (exact) mass is 263 g/mol. The van der Waals surface area contributed by atoms with Gasteiger partial charge >= 0.3 is 6.09 Å². The van der Waals surface area contributed by atoms with E-state index in [4.69, 9.17) is 10.3 Å². The van der Waals surface area contributed by atoms with Crippen LogP contribution in [0.5, 0.6) is 0 Å². The summed E-state index contributed by atoms with van der Waals surface area (Å²) in [5, 5.41) is 2.96. The summed E-state index contributed by atoms with van der Waals surface area (Å²) in [6.07, 6.45) is 4.16. The second-order valence-corrected chi connectivity index (χ2v) is 5.91. The zero-order valence-electron chi connectivity index (χ0n) is 11.8. The molecule has 1 saturated carbocycles. The third-order valence-electron chi connectivity index (χ3n) is 3.02. The van der Waals surface area contributed by atoms with Crippen molar-refractivity contribution in [1.29, 1.82) is 0 Å². The summed E-state index contributed by atoms with van der Waals surface area (Å²) in [7, 11) is 0. The topological polar surface area (TPSA) is 75.1 Å². The maximum Gasteiger partial charge on any atom is 0.398 e. The van der Waals surface area contributed by atoms with E-state index in [0.717, 1.165) is 25.7 Å². The number of ether oxygens (including phenoxy) is 1. The van der Waals surface area contributed by atoms with E-state index in [1.807, 2.05) is 20.8 Å². The minimum Gasteiger partial charge on any atom is -0.444 e. The Morgan fingerprint density at radius 2 is 2.00 bits per heavy atom. The SMILES string of the molecule is CC(C)(C)C#CC(OC(=O)N=[N+]=[N-])C1CCCCC1. The molecule has 1 fully saturated rings. The lowest BCUT2D eigenvalue weighted by Gasteiger charge is -2.26. The summed E-state index contributed by atoms with van der Waals surface area (Å²) in [5.74, 6) is 6.40. The first kappa shape index (κ1) is 15.4. The second kappa shape index (κ2) is 7.06. The molecule has 1 atom stereocenters. The molecule has 1 aliphatic rings. The lowest BCUT2D eigenvalue weighted by atomic mass is 9.85. The smallest absolute Gasteiger partial charge is 0.398 e. The van der Waals surface area contributed by atoms with Crippen molar-refractivity contribution in [2.24, 2.45) is 16.4 Å². The van der Waals surface area contributed by atoms with Gasteiger partial charge < -0.3 is 4.74 Å². The molecule has 0 spiro atoms.